The quantitative estimate of drug-likeness (QED) is 0.751. The molecule has 2 aliphatic rings. The van der Waals surface area contributed by atoms with E-state index in [-0.39, 0.29) is 23.0 Å². The Labute approximate surface area is 109 Å². The number of allylic oxidation sites excluding steroid dienone is 2. The maximum Gasteiger partial charge on any atom is 0.158 e. The first-order valence-corrected chi connectivity index (χ1v) is 6.82. The second kappa shape index (κ2) is 4.17. The fourth-order valence-corrected chi connectivity index (χ4v) is 3.91. The molecule has 0 aromatic carbocycles. The zero-order valence-electron chi connectivity index (χ0n) is 11.7. The lowest BCUT2D eigenvalue weighted by Crippen LogP contribution is -2.49. The molecule has 0 saturated heterocycles. The molecule has 0 amide bonds. The molecule has 1 fully saturated rings. The summed E-state index contributed by atoms with van der Waals surface area (Å²) in [6, 6.07) is 0. The molecule has 3 nitrogen and oxygen atoms in total. The van der Waals surface area contributed by atoms with Crippen molar-refractivity contribution in [3.8, 4) is 0 Å². The Kier molecular flexibility index (Phi) is 3.19. The third-order valence-electron chi connectivity index (χ3n) is 5.18. The number of carbonyl (C=O) groups excluding carboxylic acids is 1. The third kappa shape index (κ3) is 1.76. The minimum atomic E-state index is -1.07. The largest absolute Gasteiger partial charge is 0.390 e. The average molecular weight is 252 g/mol. The first-order valence-electron chi connectivity index (χ1n) is 6.82. The summed E-state index contributed by atoms with van der Waals surface area (Å²) in [6.45, 7) is 7.76. The van der Waals surface area contributed by atoms with Crippen molar-refractivity contribution < 1.29 is 15.0 Å². The van der Waals surface area contributed by atoms with E-state index in [1.807, 2.05) is 33.8 Å². The van der Waals surface area contributed by atoms with E-state index in [1.54, 1.807) is 0 Å². The molecule has 0 aromatic rings. The molecule has 3 heteroatoms. The molecular formula is C15H24O3. The van der Waals surface area contributed by atoms with Gasteiger partial charge in [0, 0.05) is 6.42 Å². The van der Waals surface area contributed by atoms with Crippen LogP contribution in [0.3, 0.4) is 0 Å². The van der Waals surface area contributed by atoms with Crippen LogP contribution < -0.4 is 0 Å². The van der Waals surface area contributed by atoms with Gasteiger partial charge in [0.05, 0.1) is 11.7 Å². The number of carbonyl (C=O) groups is 1. The van der Waals surface area contributed by atoms with Crippen LogP contribution in [0.25, 0.3) is 0 Å². The van der Waals surface area contributed by atoms with Gasteiger partial charge in [0.25, 0.3) is 0 Å². The maximum absolute atomic E-state index is 12.0. The van der Waals surface area contributed by atoms with Gasteiger partial charge in [-0.2, -0.15) is 0 Å². The van der Waals surface area contributed by atoms with Crippen molar-refractivity contribution in [3.63, 3.8) is 0 Å². The maximum atomic E-state index is 12.0. The van der Waals surface area contributed by atoms with E-state index >= 15 is 0 Å². The van der Waals surface area contributed by atoms with E-state index in [9.17, 15) is 15.0 Å². The number of aliphatic hydroxyl groups is 2. The number of aliphatic hydroxyl groups excluding tert-OH is 1. The van der Waals surface area contributed by atoms with Gasteiger partial charge in [-0.15, -0.1) is 0 Å². The average Bonchev–Trinajstić information content (AvgIpc) is 2.36. The standard InChI is InChI=1S/C15H24O3/c1-9(2)15(18)12-6-5-10(3)11(16)7-14(12,4)8-13(15)17/h5,9,12-13,17-18H,6-8H2,1-4H3/t12-,13+,14+,15-/m0/s1. The molecule has 102 valence electrons. The molecule has 0 heterocycles. The van der Waals surface area contributed by atoms with Crippen LogP contribution in [0.2, 0.25) is 0 Å². The van der Waals surface area contributed by atoms with Gasteiger partial charge in [-0.25, -0.2) is 0 Å². The minimum absolute atomic E-state index is 0.0127. The van der Waals surface area contributed by atoms with Gasteiger partial charge in [-0.3, -0.25) is 4.79 Å². The van der Waals surface area contributed by atoms with Gasteiger partial charge in [-0.05, 0) is 42.6 Å². The van der Waals surface area contributed by atoms with Gasteiger partial charge >= 0.3 is 0 Å². The van der Waals surface area contributed by atoms with Crippen LogP contribution in [0.15, 0.2) is 11.6 Å². The van der Waals surface area contributed by atoms with Crippen LogP contribution in [0.5, 0.6) is 0 Å². The van der Waals surface area contributed by atoms with Crippen LogP contribution in [-0.4, -0.2) is 27.7 Å². The van der Waals surface area contributed by atoms with Gasteiger partial charge < -0.3 is 10.2 Å². The Morgan fingerprint density at radius 2 is 2.06 bits per heavy atom. The van der Waals surface area contributed by atoms with E-state index in [0.29, 0.717) is 19.3 Å². The molecule has 1 saturated carbocycles. The van der Waals surface area contributed by atoms with Crippen molar-refractivity contribution in [2.75, 3.05) is 0 Å². The van der Waals surface area contributed by atoms with Crippen molar-refractivity contribution in [1.82, 2.24) is 0 Å². The SMILES string of the molecule is CC1=CC[C@H]2[C@](C)(CC1=O)C[C@@H](O)[C@]2(O)C(C)C. The number of hydrogen-bond acceptors (Lipinski definition) is 3. The lowest BCUT2D eigenvalue weighted by atomic mass is 9.69. The summed E-state index contributed by atoms with van der Waals surface area (Å²) in [5, 5.41) is 21.2. The lowest BCUT2D eigenvalue weighted by Gasteiger charge is -2.40. The molecule has 0 unspecified atom stereocenters. The molecule has 4 atom stereocenters. The fourth-order valence-electron chi connectivity index (χ4n) is 3.91. The summed E-state index contributed by atoms with van der Waals surface area (Å²) in [4.78, 5) is 12.0. The van der Waals surface area contributed by atoms with Crippen molar-refractivity contribution in [2.24, 2.45) is 17.3 Å². The Balaban J connectivity index is 2.44. The van der Waals surface area contributed by atoms with Gasteiger partial charge in [0.2, 0.25) is 0 Å². The molecule has 0 bridgehead atoms. The van der Waals surface area contributed by atoms with Crippen LogP contribution in [-0.2, 0) is 4.79 Å². The minimum Gasteiger partial charge on any atom is -0.390 e. The highest BCUT2D eigenvalue weighted by molar-refractivity contribution is 5.95. The first kappa shape index (κ1) is 13.8. The molecule has 2 N–H and O–H groups in total. The number of fused-ring (bicyclic) bond motifs is 1. The topological polar surface area (TPSA) is 57.5 Å². The summed E-state index contributed by atoms with van der Waals surface area (Å²) in [5.74, 6) is 0.0999. The van der Waals surface area contributed by atoms with Crippen LogP contribution in [0.1, 0.15) is 47.0 Å². The number of hydrogen-bond donors (Lipinski definition) is 2. The van der Waals surface area contributed by atoms with Crippen molar-refractivity contribution in [2.45, 2.75) is 58.7 Å². The Morgan fingerprint density at radius 1 is 1.44 bits per heavy atom. The molecular weight excluding hydrogens is 228 g/mol. The summed E-state index contributed by atoms with van der Waals surface area (Å²) < 4.78 is 0. The smallest absolute Gasteiger partial charge is 0.158 e. The highest BCUT2D eigenvalue weighted by atomic mass is 16.3. The predicted octanol–water partition coefficient (Wildman–Crippen LogP) is 2.07. The predicted molar refractivity (Wildman–Crippen MR) is 70.0 cm³/mol. The van der Waals surface area contributed by atoms with Crippen LogP contribution in [0.4, 0.5) is 0 Å². The summed E-state index contributed by atoms with van der Waals surface area (Å²) in [7, 11) is 0. The highest BCUT2D eigenvalue weighted by Gasteiger charge is 2.60. The zero-order valence-corrected chi connectivity index (χ0v) is 11.7. The molecule has 0 spiro atoms. The van der Waals surface area contributed by atoms with Gasteiger partial charge in [0.15, 0.2) is 5.78 Å². The van der Waals surface area contributed by atoms with E-state index in [2.05, 4.69) is 0 Å². The summed E-state index contributed by atoms with van der Waals surface area (Å²) >= 11 is 0. The van der Waals surface area contributed by atoms with Gasteiger partial charge in [0.1, 0.15) is 0 Å². The fraction of sp³-hybridized carbons (Fsp3) is 0.800. The normalized spacial score (nSPS) is 44.8. The van der Waals surface area contributed by atoms with E-state index in [0.717, 1.165) is 5.57 Å². The van der Waals surface area contributed by atoms with Crippen LogP contribution >= 0.6 is 0 Å². The summed E-state index contributed by atoms with van der Waals surface area (Å²) in [6.07, 6.45) is 2.83. The Morgan fingerprint density at radius 3 is 2.61 bits per heavy atom. The monoisotopic (exact) mass is 252 g/mol. The number of Topliss-reactive ketones (excluding diaryl/α,β-unsaturated/α-hetero) is 1. The van der Waals surface area contributed by atoms with Crippen molar-refractivity contribution in [1.29, 1.82) is 0 Å². The Bertz CT molecular complexity index is 399. The molecule has 0 radical (unpaired) electrons. The Hall–Kier alpha value is -0.670. The van der Waals surface area contributed by atoms with E-state index < -0.39 is 11.7 Å². The van der Waals surface area contributed by atoms with E-state index in [1.165, 1.54) is 0 Å². The third-order valence-corrected chi connectivity index (χ3v) is 5.18. The highest BCUT2D eigenvalue weighted by Crippen LogP contribution is 2.56. The van der Waals surface area contributed by atoms with Crippen molar-refractivity contribution >= 4 is 5.78 Å². The van der Waals surface area contributed by atoms with E-state index in [4.69, 9.17) is 0 Å². The second-order valence-electron chi connectivity index (χ2n) is 6.69. The molecule has 0 aliphatic heterocycles. The molecule has 2 aliphatic carbocycles. The zero-order chi connectivity index (χ0) is 13.7. The number of rotatable bonds is 1. The molecule has 0 aromatic heterocycles. The lowest BCUT2D eigenvalue weighted by molar-refractivity contribution is -0.124. The first-order chi connectivity index (χ1) is 8.21. The molecule has 18 heavy (non-hydrogen) atoms. The van der Waals surface area contributed by atoms with Crippen LogP contribution in [0, 0.1) is 17.3 Å². The second-order valence-corrected chi connectivity index (χ2v) is 6.69. The molecule has 2 rings (SSSR count). The van der Waals surface area contributed by atoms with Crippen molar-refractivity contribution in [3.05, 3.63) is 11.6 Å². The van der Waals surface area contributed by atoms with Gasteiger partial charge in [-0.1, -0.05) is 26.8 Å². The number of ketones is 1. The summed E-state index contributed by atoms with van der Waals surface area (Å²) in [5.41, 5.74) is -0.564.